The molecule has 1 aromatic heterocycles. The van der Waals surface area contributed by atoms with Crippen molar-refractivity contribution in [3.8, 4) is 11.4 Å². The molecule has 1 aliphatic rings. The van der Waals surface area contributed by atoms with Gasteiger partial charge < -0.3 is 0 Å². The molecule has 0 aliphatic heterocycles. The van der Waals surface area contributed by atoms with Gasteiger partial charge in [0.05, 0.1) is 15.7 Å². The minimum absolute atomic E-state index is 0.0924. The van der Waals surface area contributed by atoms with Crippen LogP contribution >= 0.6 is 15.9 Å². The van der Waals surface area contributed by atoms with Crippen molar-refractivity contribution in [2.24, 2.45) is 0 Å². The van der Waals surface area contributed by atoms with Crippen LogP contribution in [0.15, 0.2) is 28.9 Å². The minimum atomic E-state index is -0.352. The number of hydrogen-bond acceptors (Lipinski definition) is 3. The number of carbonyl (C=O) groups is 1. The Labute approximate surface area is 118 Å². The summed E-state index contributed by atoms with van der Waals surface area (Å²) in [6, 6.07) is 4.76. The van der Waals surface area contributed by atoms with E-state index >= 15 is 0 Å². The molecule has 96 valence electrons. The van der Waals surface area contributed by atoms with Crippen LogP contribution in [0.3, 0.4) is 0 Å². The van der Waals surface area contributed by atoms with Gasteiger partial charge in [0.25, 0.3) is 0 Å². The fourth-order valence-corrected chi connectivity index (χ4v) is 2.41. The number of carbonyl (C=O) groups excluding carboxylic acids is 1. The topological polar surface area (TPSA) is 42.9 Å². The number of halogens is 2. The lowest BCUT2D eigenvalue weighted by Crippen LogP contribution is -2.13. The highest BCUT2D eigenvalue weighted by atomic mass is 79.9. The molecule has 2 aromatic rings. The first-order valence-electron chi connectivity index (χ1n) is 5.99. The van der Waals surface area contributed by atoms with Gasteiger partial charge >= 0.3 is 0 Å². The lowest BCUT2D eigenvalue weighted by molar-refractivity contribution is 0.0971. The highest BCUT2D eigenvalue weighted by molar-refractivity contribution is 9.10. The van der Waals surface area contributed by atoms with Crippen LogP contribution in [0.25, 0.3) is 11.4 Å². The molecule has 0 fully saturated rings. The standard InChI is InChI=1S/C14H10BrFN2O/c15-10-5-4-8(6-11(10)16)14-17-7-9-12(18-14)2-1-3-13(9)19/h4-7H,1-3H2. The van der Waals surface area contributed by atoms with E-state index in [2.05, 4.69) is 25.9 Å². The van der Waals surface area contributed by atoms with Crippen LogP contribution in [0.2, 0.25) is 0 Å². The molecule has 1 aliphatic carbocycles. The monoisotopic (exact) mass is 320 g/mol. The van der Waals surface area contributed by atoms with Gasteiger partial charge in [-0.25, -0.2) is 14.4 Å². The summed E-state index contributed by atoms with van der Waals surface area (Å²) in [4.78, 5) is 20.2. The molecule has 19 heavy (non-hydrogen) atoms. The van der Waals surface area contributed by atoms with E-state index in [1.165, 1.54) is 6.07 Å². The highest BCUT2D eigenvalue weighted by Crippen LogP contribution is 2.25. The van der Waals surface area contributed by atoms with Crippen LogP contribution in [0.5, 0.6) is 0 Å². The Balaban J connectivity index is 2.06. The van der Waals surface area contributed by atoms with Gasteiger partial charge in [-0.05, 0) is 47.0 Å². The molecule has 5 heteroatoms. The summed E-state index contributed by atoms with van der Waals surface area (Å²) in [5.41, 5.74) is 1.98. The molecule has 0 spiro atoms. The van der Waals surface area contributed by atoms with E-state index in [1.54, 1.807) is 18.3 Å². The number of rotatable bonds is 1. The zero-order valence-corrected chi connectivity index (χ0v) is 11.6. The summed E-state index contributed by atoms with van der Waals surface area (Å²) in [5, 5.41) is 0. The third kappa shape index (κ3) is 2.30. The number of ketones is 1. The maximum Gasteiger partial charge on any atom is 0.166 e. The number of aryl methyl sites for hydroxylation is 1. The molecule has 3 nitrogen and oxygen atoms in total. The van der Waals surface area contributed by atoms with Gasteiger partial charge in [-0.1, -0.05) is 0 Å². The van der Waals surface area contributed by atoms with E-state index in [0.717, 1.165) is 18.5 Å². The fourth-order valence-electron chi connectivity index (χ4n) is 2.17. The zero-order valence-electron chi connectivity index (χ0n) is 9.99. The van der Waals surface area contributed by atoms with Crippen molar-refractivity contribution in [3.05, 3.63) is 45.9 Å². The average molecular weight is 321 g/mol. The van der Waals surface area contributed by atoms with Gasteiger partial charge in [0, 0.05) is 18.2 Å². The lowest BCUT2D eigenvalue weighted by atomic mass is 9.96. The molecule has 0 unspecified atom stereocenters. The highest BCUT2D eigenvalue weighted by Gasteiger charge is 2.19. The summed E-state index contributed by atoms with van der Waals surface area (Å²) in [6.07, 6.45) is 3.70. The van der Waals surface area contributed by atoms with Gasteiger partial charge in [-0.3, -0.25) is 4.79 Å². The summed E-state index contributed by atoms with van der Waals surface area (Å²) in [5.74, 6) is 0.199. The van der Waals surface area contributed by atoms with E-state index in [9.17, 15) is 9.18 Å². The Morgan fingerprint density at radius 2 is 2.11 bits per heavy atom. The summed E-state index contributed by atoms with van der Waals surface area (Å²) < 4.78 is 13.9. The maximum atomic E-state index is 13.5. The first-order valence-corrected chi connectivity index (χ1v) is 6.79. The van der Waals surface area contributed by atoms with Crippen LogP contribution in [0, 0.1) is 5.82 Å². The quantitative estimate of drug-likeness (QED) is 0.806. The molecule has 0 amide bonds. The van der Waals surface area contributed by atoms with Crippen LogP contribution in [-0.2, 0) is 6.42 Å². The van der Waals surface area contributed by atoms with Crippen molar-refractivity contribution < 1.29 is 9.18 Å². The lowest BCUT2D eigenvalue weighted by Gasteiger charge is -2.13. The Morgan fingerprint density at radius 3 is 2.89 bits per heavy atom. The first-order chi connectivity index (χ1) is 9.15. The van der Waals surface area contributed by atoms with Crippen molar-refractivity contribution in [3.63, 3.8) is 0 Å². The zero-order chi connectivity index (χ0) is 13.4. The van der Waals surface area contributed by atoms with E-state index in [1.807, 2.05) is 0 Å². The van der Waals surface area contributed by atoms with Crippen LogP contribution < -0.4 is 0 Å². The summed E-state index contributed by atoms with van der Waals surface area (Å²) in [6.45, 7) is 0. The van der Waals surface area contributed by atoms with Crippen molar-refractivity contribution >= 4 is 21.7 Å². The van der Waals surface area contributed by atoms with Crippen molar-refractivity contribution in [2.45, 2.75) is 19.3 Å². The Kier molecular flexibility index (Phi) is 3.14. The fraction of sp³-hybridized carbons (Fsp3) is 0.214. The van der Waals surface area contributed by atoms with Gasteiger partial charge in [-0.15, -0.1) is 0 Å². The molecule has 0 saturated heterocycles. The number of nitrogens with zero attached hydrogens (tertiary/aromatic N) is 2. The molecule has 0 bridgehead atoms. The first kappa shape index (κ1) is 12.4. The van der Waals surface area contributed by atoms with Crippen LogP contribution in [-0.4, -0.2) is 15.8 Å². The summed E-state index contributed by atoms with van der Waals surface area (Å²) in [7, 11) is 0. The Morgan fingerprint density at radius 1 is 1.26 bits per heavy atom. The third-order valence-electron chi connectivity index (χ3n) is 3.16. The number of fused-ring (bicyclic) bond motifs is 1. The Bertz CT molecular complexity index is 672. The third-order valence-corrected chi connectivity index (χ3v) is 3.81. The second-order valence-corrected chi connectivity index (χ2v) is 5.31. The maximum absolute atomic E-state index is 13.5. The predicted molar refractivity (Wildman–Crippen MR) is 72.4 cm³/mol. The van der Waals surface area contributed by atoms with Crippen molar-refractivity contribution in [2.75, 3.05) is 0 Å². The SMILES string of the molecule is O=C1CCCc2nc(-c3ccc(Br)c(F)c3)ncc21. The Hall–Kier alpha value is -1.62. The molecule has 0 atom stereocenters. The van der Waals surface area contributed by atoms with E-state index in [0.29, 0.717) is 27.8 Å². The second kappa shape index (κ2) is 4.81. The van der Waals surface area contributed by atoms with Crippen LogP contribution in [0.4, 0.5) is 4.39 Å². The number of hydrogen-bond donors (Lipinski definition) is 0. The predicted octanol–water partition coefficient (Wildman–Crippen LogP) is 3.56. The number of benzene rings is 1. The molecule has 1 aromatic carbocycles. The van der Waals surface area contributed by atoms with Gasteiger partial charge in [-0.2, -0.15) is 0 Å². The van der Waals surface area contributed by atoms with E-state index in [-0.39, 0.29) is 11.6 Å². The van der Waals surface area contributed by atoms with Crippen LogP contribution in [0.1, 0.15) is 28.9 Å². The molecule has 3 rings (SSSR count). The van der Waals surface area contributed by atoms with Crippen molar-refractivity contribution in [1.82, 2.24) is 9.97 Å². The summed E-state index contributed by atoms with van der Waals surface area (Å²) >= 11 is 3.11. The molecular formula is C14H10BrFN2O. The van der Waals surface area contributed by atoms with Gasteiger partial charge in [0.2, 0.25) is 0 Å². The number of aromatic nitrogens is 2. The van der Waals surface area contributed by atoms with Crippen molar-refractivity contribution in [1.29, 1.82) is 0 Å². The molecule has 0 N–H and O–H groups in total. The number of Topliss-reactive ketones (excluding diaryl/α,β-unsaturated/α-hetero) is 1. The molecule has 0 saturated carbocycles. The minimum Gasteiger partial charge on any atom is -0.294 e. The smallest absolute Gasteiger partial charge is 0.166 e. The van der Waals surface area contributed by atoms with E-state index < -0.39 is 0 Å². The molecular weight excluding hydrogens is 311 g/mol. The second-order valence-electron chi connectivity index (χ2n) is 4.46. The molecule has 1 heterocycles. The molecule has 0 radical (unpaired) electrons. The van der Waals surface area contributed by atoms with Gasteiger partial charge in [0.15, 0.2) is 11.6 Å². The largest absolute Gasteiger partial charge is 0.294 e. The average Bonchev–Trinajstić information content (AvgIpc) is 2.42. The normalized spacial score (nSPS) is 14.3. The van der Waals surface area contributed by atoms with E-state index in [4.69, 9.17) is 0 Å². The van der Waals surface area contributed by atoms with Gasteiger partial charge in [0.1, 0.15) is 5.82 Å².